The minimum Gasteiger partial charge on any atom is -0.479 e. The Morgan fingerprint density at radius 2 is 1.92 bits per heavy atom. The molecule has 0 radical (unpaired) electrons. The molecule has 9 heteroatoms. The van der Waals surface area contributed by atoms with Crippen molar-refractivity contribution < 1.29 is 28.6 Å². The maximum atomic E-state index is 14.3. The fraction of sp³-hybridized carbons (Fsp3) is 0.467. The number of amides is 1. The number of nitrogens with zero attached hydrogens (tertiary/aromatic N) is 2. The summed E-state index contributed by atoms with van der Waals surface area (Å²) in [6.07, 6.45) is -1.51. The second-order valence-corrected chi connectivity index (χ2v) is 5.58. The Morgan fingerprint density at radius 1 is 1.29 bits per heavy atom. The molecule has 24 heavy (non-hydrogen) atoms. The smallest absolute Gasteiger partial charge is 0.334 e. The minimum absolute atomic E-state index is 0.0251. The van der Waals surface area contributed by atoms with Crippen molar-refractivity contribution in [2.45, 2.75) is 12.5 Å². The topological polar surface area (TPSA) is 93.1 Å². The molecule has 3 N–H and O–H groups in total. The number of carbonyl (C=O) groups excluding carboxylic acids is 1. The Bertz CT molecular complexity index is 618. The number of aliphatic hydroxyl groups is 1. The molecule has 1 saturated heterocycles. The normalized spacial score (nSPS) is 16.8. The molecule has 0 bridgehead atoms. The Balaban J connectivity index is 2.14. The van der Waals surface area contributed by atoms with Gasteiger partial charge in [-0.25, -0.2) is 13.6 Å². The van der Waals surface area contributed by atoms with Crippen LogP contribution in [0, 0.1) is 11.6 Å². The van der Waals surface area contributed by atoms with Crippen LogP contribution in [0.1, 0.15) is 6.42 Å². The van der Waals surface area contributed by atoms with E-state index >= 15 is 0 Å². The molecule has 1 atom stereocenters. The Labute approximate surface area is 137 Å². The summed E-state index contributed by atoms with van der Waals surface area (Å²) in [7, 11) is 1.64. The molecular formula is C15H19F2N3O4. The van der Waals surface area contributed by atoms with Crippen LogP contribution in [0.15, 0.2) is 12.1 Å². The van der Waals surface area contributed by atoms with Crippen molar-refractivity contribution in [2.24, 2.45) is 0 Å². The van der Waals surface area contributed by atoms with E-state index in [9.17, 15) is 23.5 Å². The summed E-state index contributed by atoms with van der Waals surface area (Å²) < 4.78 is 28.6. The molecule has 0 saturated carbocycles. The van der Waals surface area contributed by atoms with Gasteiger partial charge in [-0.3, -0.25) is 4.79 Å². The molecule has 1 aromatic rings. The van der Waals surface area contributed by atoms with Crippen LogP contribution in [0.4, 0.5) is 20.2 Å². The van der Waals surface area contributed by atoms with Crippen LogP contribution in [0.5, 0.6) is 0 Å². The number of carbonyl (C=O) groups is 2. The summed E-state index contributed by atoms with van der Waals surface area (Å²) in [5.41, 5.74) is -0.195. The average Bonchev–Trinajstić information content (AvgIpc) is 2.67. The molecule has 132 valence electrons. The molecule has 1 aromatic carbocycles. The largest absolute Gasteiger partial charge is 0.479 e. The number of nitrogens with one attached hydrogen (secondary N) is 1. The molecule has 1 heterocycles. The van der Waals surface area contributed by atoms with E-state index in [1.807, 2.05) is 0 Å². The maximum Gasteiger partial charge on any atom is 0.334 e. The van der Waals surface area contributed by atoms with Gasteiger partial charge < -0.3 is 25.3 Å². The lowest BCUT2D eigenvalue weighted by Gasteiger charge is -2.24. The summed E-state index contributed by atoms with van der Waals surface area (Å²) in [5, 5.41) is 20.2. The average molecular weight is 343 g/mol. The van der Waals surface area contributed by atoms with E-state index in [2.05, 4.69) is 5.32 Å². The summed E-state index contributed by atoms with van der Waals surface area (Å²) in [6, 6.07) is 2.06. The van der Waals surface area contributed by atoms with Gasteiger partial charge in [-0.05, 0) is 12.1 Å². The van der Waals surface area contributed by atoms with Gasteiger partial charge in [0.15, 0.2) is 17.7 Å². The number of aliphatic carboxylic acids is 1. The first kappa shape index (κ1) is 17.9. The molecule has 0 aromatic heterocycles. The summed E-state index contributed by atoms with van der Waals surface area (Å²) in [4.78, 5) is 25.2. The number of carboxylic acids is 1. The number of anilines is 2. The summed E-state index contributed by atoms with van der Waals surface area (Å²) >= 11 is 0. The number of carboxylic acid groups (broad SMARTS) is 1. The predicted octanol–water partition coefficient (Wildman–Crippen LogP) is 0.491. The van der Waals surface area contributed by atoms with Crippen LogP contribution >= 0.6 is 0 Å². The molecule has 1 aliphatic heterocycles. The number of hydrogen-bond donors (Lipinski definition) is 3. The van der Waals surface area contributed by atoms with Gasteiger partial charge >= 0.3 is 5.97 Å². The van der Waals surface area contributed by atoms with Gasteiger partial charge in [0.05, 0.1) is 6.54 Å². The summed E-state index contributed by atoms with van der Waals surface area (Å²) in [5.74, 6) is -3.16. The quantitative estimate of drug-likeness (QED) is 0.721. The Kier molecular flexibility index (Phi) is 5.55. The third-order valence-corrected chi connectivity index (χ3v) is 3.84. The van der Waals surface area contributed by atoms with Crippen molar-refractivity contribution in [1.29, 1.82) is 0 Å². The number of rotatable bonds is 5. The second kappa shape index (κ2) is 7.43. The van der Waals surface area contributed by atoms with Gasteiger partial charge in [0.1, 0.15) is 5.69 Å². The van der Waals surface area contributed by atoms with Gasteiger partial charge in [-0.15, -0.1) is 0 Å². The van der Waals surface area contributed by atoms with Gasteiger partial charge in [0.25, 0.3) is 0 Å². The van der Waals surface area contributed by atoms with Crippen molar-refractivity contribution in [2.75, 3.05) is 43.4 Å². The van der Waals surface area contributed by atoms with E-state index in [-0.39, 0.29) is 36.8 Å². The van der Waals surface area contributed by atoms with E-state index in [0.29, 0.717) is 13.1 Å². The van der Waals surface area contributed by atoms with Crippen LogP contribution in [-0.4, -0.2) is 66.3 Å². The lowest BCUT2D eigenvalue weighted by Crippen LogP contribution is -2.31. The molecule has 0 unspecified atom stereocenters. The van der Waals surface area contributed by atoms with Gasteiger partial charge in [-0.1, -0.05) is 0 Å². The summed E-state index contributed by atoms with van der Waals surface area (Å²) in [6.45, 7) is 0.501. The van der Waals surface area contributed by atoms with Crippen molar-refractivity contribution in [3.8, 4) is 0 Å². The van der Waals surface area contributed by atoms with Crippen molar-refractivity contribution in [1.82, 2.24) is 4.90 Å². The lowest BCUT2D eigenvalue weighted by molar-refractivity contribution is -0.145. The highest BCUT2D eigenvalue weighted by Crippen LogP contribution is 2.28. The van der Waals surface area contributed by atoms with E-state index in [1.54, 1.807) is 7.05 Å². The first-order valence-corrected chi connectivity index (χ1v) is 7.42. The van der Waals surface area contributed by atoms with Gasteiger partial charge in [-0.2, -0.15) is 0 Å². The zero-order valence-electron chi connectivity index (χ0n) is 13.1. The van der Waals surface area contributed by atoms with Crippen molar-refractivity contribution in [3.63, 3.8) is 0 Å². The van der Waals surface area contributed by atoms with Crippen LogP contribution in [-0.2, 0) is 9.59 Å². The first-order chi connectivity index (χ1) is 11.3. The standard InChI is InChI=1S/C15H19F2N3O4/c1-19-4-5-20(3-2-13(19)22)14-10(16)6-9(7-11(14)17)18-8-12(21)15(23)24/h6-7,12,18,21H,2-5,8H2,1H3,(H,23,24)/t12-/m1/s1. The molecule has 0 spiro atoms. The van der Waals surface area contributed by atoms with Gasteiger partial charge in [0, 0.05) is 38.8 Å². The van der Waals surface area contributed by atoms with Crippen LogP contribution in [0.2, 0.25) is 0 Å². The second-order valence-electron chi connectivity index (χ2n) is 5.58. The minimum atomic E-state index is -1.68. The third kappa shape index (κ3) is 4.10. The molecule has 1 fully saturated rings. The van der Waals surface area contributed by atoms with Crippen molar-refractivity contribution in [3.05, 3.63) is 23.8 Å². The predicted molar refractivity (Wildman–Crippen MR) is 83.0 cm³/mol. The molecule has 7 nitrogen and oxygen atoms in total. The molecule has 0 aliphatic carbocycles. The Morgan fingerprint density at radius 3 is 2.50 bits per heavy atom. The monoisotopic (exact) mass is 343 g/mol. The fourth-order valence-electron chi connectivity index (χ4n) is 2.42. The van der Waals surface area contributed by atoms with Gasteiger partial charge in [0.2, 0.25) is 5.91 Å². The fourth-order valence-corrected chi connectivity index (χ4v) is 2.42. The van der Waals surface area contributed by atoms with Crippen LogP contribution < -0.4 is 10.2 Å². The highest BCUT2D eigenvalue weighted by atomic mass is 19.1. The van der Waals surface area contributed by atoms with Crippen molar-refractivity contribution >= 4 is 23.3 Å². The zero-order valence-corrected chi connectivity index (χ0v) is 13.1. The SMILES string of the molecule is CN1CCN(c2c(F)cc(NC[C@@H](O)C(=O)O)cc2F)CCC1=O. The first-order valence-electron chi connectivity index (χ1n) is 7.42. The lowest BCUT2D eigenvalue weighted by atomic mass is 10.2. The highest BCUT2D eigenvalue weighted by Gasteiger charge is 2.23. The number of halogens is 2. The number of likely N-dealkylation sites (N-methyl/N-ethyl adjacent to an activating group) is 1. The maximum absolute atomic E-state index is 14.3. The van der Waals surface area contributed by atoms with Crippen LogP contribution in [0.3, 0.4) is 0 Å². The van der Waals surface area contributed by atoms with Crippen LogP contribution in [0.25, 0.3) is 0 Å². The molecule has 2 rings (SSSR count). The van der Waals surface area contributed by atoms with E-state index < -0.39 is 23.7 Å². The number of benzene rings is 1. The molecule has 1 aliphatic rings. The highest BCUT2D eigenvalue weighted by molar-refractivity contribution is 5.77. The zero-order chi connectivity index (χ0) is 17.9. The third-order valence-electron chi connectivity index (χ3n) is 3.84. The molecule has 1 amide bonds. The van der Waals surface area contributed by atoms with E-state index in [4.69, 9.17) is 5.11 Å². The van der Waals surface area contributed by atoms with E-state index in [1.165, 1.54) is 9.80 Å². The Hall–Kier alpha value is -2.42. The van der Waals surface area contributed by atoms with E-state index in [0.717, 1.165) is 12.1 Å². The number of aliphatic hydroxyl groups excluding tert-OH is 1. The molecular weight excluding hydrogens is 324 g/mol. The number of hydrogen-bond acceptors (Lipinski definition) is 5.